The van der Waals surface area contributed by atoms with Gasteiger partial charge in [-0.25, -0.2) is 0 Å². The number of anilines is 1. The molecule has 0 aromatic heterocycles. The minimum atomic E-state index is -0.421. The van der Waals surface area contributed by atoms with Gasteiger partial charge in [0, 0.05) is 25.6 Å². The van der Waals surface area contributed by atoms with Crippen LogP contribution >= 0.6 is 0 Å². The van der Waals surface area contributed by atoms with Crippen molar-refractivity contribution in [3.63, 3.8) is 0 Å². The maximum absolute atomic E-state index is 12.8. The number of hydrogen-bond acceptors (Lipinski definition) is 4. The number of rotatable bonds is 8. The lowest BCUT2D eigenvalue weighted by atomic mass is 10.1. The summed E-state index contributed by atoms with van der Waals surface area (Å²) in [6.45, 7) is 7.14. The van der Waals surface area contributed by atoms with Crippen molar-refractivity contribution in [2.75, 3.05) is 18.5 Å². The van der Waals surface area contributed by atoms with E-state index in [1.165, 1.54) is 0 Å². The highest BCUT2D eigenvalue weighted by molar-refractivity contribution is 6.05. The molecule has 1 aliphatic heterocycles. The Morgan fingerprint density at radius 2 is 1.84 bits per heavy atom. The fourth-order valence-electron chi connectivity index (χ4n) is 3.58. The van der Waals surface area contributed by atoms with Crippen LogP contribution in [0.15, 0.2) is 48.5 Å². The van der Waals surface area contributed by atoms with Gasteiger partial charge in [0.2, 0.25) is 11.8 Å². The third kappa shape index (κ3) is 5.63. The molecule has 1 saturated heterocycles. The van der Waals surface area contributed by atoms with Crippen LogP contribution in [-0.4, -0.2) is 41.8 Å². The van der Waals surface area contributed by atoms with E-state index in [0.717, 1.165) is 11.3 Å². The number of carbonyl (C=O) groups is 3. The van der Waals surface area contributed by atoms with E-state index in [9.17, 15) is 14.4 Å². The van der Waals surface area contributed by atoms with Crippen molar-refractivity contribution in [2.24, 2.45) is 5.92 Å². The Balaban J connectivity index is 1.62. The summed E-state index contributed by atoms with van der Waals surface area (Å²) in [4.78, 5) is 39.3. The Hall–Kier alpha value is -3.35. The van der Waals surface area contributed by atoms with Crippen molar-refractivity contribution in [3.8, 4) is 5.75 Å². The number of benzene rings is 2. The van der Waals surface area contributed by atoms with Crippen LogP contribution in [0.3, 0.4) is 0 Å². The summed E-state index contributed by atoms with van der Waals surface area (Å²) in [6, 6.07) is 14.5. The van der Waals surface area contributed by atoms with Crippen molar-refractivity contribution >= 4 is 23.4 Å². The first-order valence-electron chi connectivity index (χ1n) is 10.6. The lowest BCUT2D eigenvalue weighted by Crippen LogP contribution is -2.33. The Kier molecular flexibility index (Phi) is 7.28. The number of nitrogens with one attached hydrogen (secondary N) is 2. The minimum absolute atomic E-state index is 0.0171. The number of nitrogens with zero attached hydrogens (tertiary/aromatic N) is 1. The maximum Gasteiger partial charge on any atom is 0.253 e. The lowest BCUT2D eigenvalue weighted by molar-refractivity contribution is -0.129. The van der Waals surface area contributed by atoms with E-state index in [1.807, 2.05) is 45.0 Å². The van der Waals surface area contributed by atoms with Gasteiger partial charge in [-0.1, -0.05) is 24.3 Å². The fraction of sp³-hybridized carbons (Fsp3) is 0.375. The zero-order valence-corrected chi connectivity index (χ0v) is 18.2. The molecule has 0 unspecified atom stereocenters. The zero-order chi connectivity index (χ0) is 22.4. The van der Waals surface area contributed by atoms with E-state index >= 15 is 0 Å². The molecule has 0 aliphatic carbocycles. The molecule has 0 spiro atoms. The molecule has 3 rings (SSSR count). The van der Waals surface area contributed by atoms with Crippen LogP contribution in [0, 0.1) is 5.92 Å². The molecular formula is C24H29N3O4. The Bertz CT molecular complexity index is 940. The quantitative estimate of drug-likeness (QED) is 0.683. The molecule has 2 N–H and O–H groups in total. The number of amides is 3. The van der Waals surface area contributed by atoms with E-state index in [-0.39, 0.29) is 30.2 Å². The van der Waals surface area contributed by atoms with Gasteiger partial charge in [-0.15, -0.1) is 0 Å². The Morgan fingerprint density at radius 3 is 2.48 bits per heavy atom. The molecule has 1 heterocycles. The van der Waals surface area contributed by atoms with E-state index < -0.39 is 5.92 Å². The number of carbonyl (C=O) groups excluding carboxylic acids is 3. The number of ether oxygens (including phenoxy) is 1. The smallest absolute Gasteiger partial charge is 0.253 e. The first-order valence-corrected chi connectivity index (χ1v) is 10.6. The fourth-order valence-corrected chi connectivity index (χ4v) is 3.58. The summed E-state index contributed by atoms with van der Waals surface area (Å²) in [6.07, 6.45) is 0.191. The molecule has 1 fully saturated rings. The second kappa shape index (κ2) is 10.1. The van der Waals surface area contributed by atoms with Crippen LogP contribution in [-0.2, 0) is 16.1 Å². The van der Waals surface area contributed by atoms with Crippen LogP contribution in [0.5, 0.6) is 5.75 Å². The average molecular weight is 424 g/mol. The topological polar surface area (TPSA) is 87.7 Å². The molecule has 2 aromatic carbocycles. The van der Waals surface area contributed by atoms with E-state index in [4.69, 9.17) is 4.74 Å². The molecule has 7 nitrogen and oxygen atoms in total. The Labute approximate surface area is 182 Å². The van der Waals surface area contributed by atoms with Gasteiger partial charge in [-0.05, 0) is 50.6 Å². The van der Waals surface area contributed by atoms with Crippen molar-refractivity contribution in [2.45, 2.75) is 39.8 Å². The summed E-state index contributed by atoms with van der Waals surface area (Å²) >= 11 is 0. The van der Waals surface area contributed by atoms with Crippen molar-refractivity contribution < 1.29 is 19.1 Å². The van der Waals surface area contributed by atoms with Gasteiger partial charge in [-0.3, -0.25) is 14.4 Å². The van der Waals surface area contributed by atoms with Gasteiger partial charge < -0.3 is 20.3 Å². The third-order valence-electron chi connectivity index (χ3n) is 5.27. The van der Waals surface area contributed by atoms with Gasteiger partial charge >= 0.3 is 0 Å². The van der Waals surface area contributed by atoms with Gasteiger partial charge in [-0.2, -0.15) is 0 Å². The number of hydrogen-bond donors (Lipinski definition) is 2. The monoisotopic (exact) mass is 423 g/mol. The molecule has 164 valence electrons. The zero-order valence-electron chi connectivity index (χ0n) is 18.2. The van der Waals surface area contributed by atoms with Crippen LogP contribution < -0.4 is 15.4 Å². The number of likely N-dealkylation sites (tertiary alicyclic amines) is 1. The molecular weight excluding hydrogens is 394 g/mol. The summed E-state index contributed by atoms with van der Waals surface area (Å²) in [5.41, 5.74) is 1.76. The van der Waals surface area contributed by atoms with Crippen molar-refractivity contribution in [3.05, 3.63) is 59.7 Å². The van der Waals surface area contributed by atoms with Gasteiger partial charge in [0.25, 0.3) is 5.91 Å². The van der Waals surface area contributed by atoms with Crippen molar-refractivity contribution in [1.29, 1.82) is 0 Å². The molecule has 0 bridgehead atoms. The summed E-state index contributed by atoms with van der Waals surface area (Å²) in [5, 5.41) is 5.72. The molecule has 31 heavy (non-hydrogen) atoms. The SMILES string of the molecule is CCOc1ccc(CNC(=O)c2ccccc2NC(=O)[C@@H]2CC(=O)N(C(C)C)C2)cc1. The van der Waals surface area contributed by atoms with Gasteiger partial charge in [0.05, 0.1) is 23.8 Å². The minimum Gasteiger partial charge on any atom is -0.494 e. The van der Waals surface area contributed by atoms with E-state index in [0.29, 0.717) is 30.9 Å². The number of para-hydroxylation sites is 1. The molecule has 1 aliphatic rings. The summed E-state index contributed by atoms with van der Waals surface area (Å²) in [5.74, 6) is -0.183. The lowest BCUT2D eigenvalue weighted by Gasteiger charge is -2.20. The molecule has 1 atom stereocenters. The molecule has 2 aromatic rings. The molecule has 7 heteroatoms. The second-order valence-electron chi connectivity index (χ2n) is 7.84. The second-order valence-corrected chi connectivity index (χ2v) is 7.84. The largest absolute Gasteiger partial charge is 0.494 e. The highest BCUT2D eigenvalue weighted by Crippen LogP contribution is 2.23. The predicted molar refractivity (Wildman–Crippen MR) is 119 cm³/mol. The van der Waals surface area contributed by atoms with Gasteiger partial charge in [0.15, 0.2) is 0 Å². The highest BCUT2D eigenvalue weighted by atomic mass is 16.5. The summed E-state index contributed by atoms with van der Waals surface area (Å²) in [7, 11) is 0. The maximum atomic E-state index is 12.8. The molecule has 0 saturated carbocycles. The highest BCUT2D eigenvalue weighted by Gasteiger charge is 2.35. The first-order chi connectivity index (χ1) is 14.9. The van der Waals surface area contributed by atoms with Gasteiger partial charge in [0.1, 0.15) is 5.75 Å². The molecule has 3 amide bonds. The third-order valence-corrected chi connectivity index (χ3v) is 5.27. The Morgan fingerprint density at radius 1 is 1.13 bits per heavy atom. The van der Waals surface area contributed by atoms with E-state index in [2.05, 4.69) is 10.6 Å². The van der Waals surface area contributed by atoms with E-state index in [1.54, 1.807) is 29.2 Å². The van der Waals surface area contributed by atoms with Crippen molar-refractivity contribution in [1.82, 2.24) is 10.2 Å². The summed E-state index contributed by atoms with van der Waals surface area (Å²) < 4.78 is 5.43. The predicted octanol–water partition coefficient (Wildman–Crippen LogP) is 3.21. The van der Waals surface area contributed by atoms with Crippen LogP contribution in [0.4, 0.5) is 5.69 Å². The average Bonchev–Trinajstić information content (AvgIpc) is 3.16. The first kappa shape index (κ1) is 22.3. The van der Waals surface area contributed by atoms with Crippen LogP contribution in [0.1, 0.15) is 43.1 Å². The standard InChI is InChI=1S/C24H29N3O4/c1-4-31-19-11-9-17(10-12-19)14-25-24(30)20-7-5-6-8-21(20)26-23(29)18-13-22(28)27(15-18)16(2)3/h5-12,16,18H,4,13-15H2,1-3H3,(H,25,30)(H,26,29)/t18-/m1/s1. The van der Waals surface area contributed by atoms with Crippen LogP contribution in [0.25, 0.3) is 0 Å². The van der Waals surface area contributed by atoms with Crippen LogP contribution in [0.2, 0.25) is 0 Å². The normalized spacial score (nSPS) is 15.8. The molecule has 0 radical (unpaired) electrons.